The van der Waals surface area contributed by atoms with Gasteiger partial charge >= 0.3 is 0 Å². The molecule has 0 unspecified atom stereocenters. The molecule has 0 saturated carbocycles. The Hall–Kier alpha value is -1.69. The van der Waals surface area contributed by atoms with Crippen LogP contribution in [0, 0.1) is 0 Å². The smallest absolute Gasteiger partial charge is 0.292 e. The average Bonchev–Trinajstić information content (AvgIpc) is 3.37. The summed E-state index contributed by atoms with van der Waals surface area (Å²) in [6.07, 6.45) is 2.01. The molecule has 4 atom stereocenters. The van der Waals surface area contributed by atoms with Crippen LogP contribution in [0.3, 0.4) is 0 Å². The SMILES string of the molecule is CC(C)(C)[Si](C)(C)OC[C@H]1O[C@@H](n2cnc3cncnc32)[C@H](O[Si](C)(C)C(C)(C)C)[C@]12OS(=O)(=O)C=C2N. The number of imidazole rings is 1. The number of hydrogen-bond acceptors (Lipinski definition) is 10. The Morgan fingerprint density at radius 3 is 2.26 bits per heavy atom. The van der Waals surface area contributed by atoms with E-state index in [-0.39, 0.29) is 22.4 Å². The van der Waals surface area contributed by atoms with Crippen molar-refractivity contribution in [1.29, 1.82) is 0 Å². The minimum Gasteiger partial charge on any atom is -0.414 e. The van der Waals surface area contributed by atoms with Crippen LogP contribution in [0.5, 0.6) is 0 Å². The number of fused-ring (bicyclic) bond motifs is 1. The van der Waals surface area contributed by atoms with E-state index in [2.05, 4.69) is 82.7 Å². The van der Waals surface area contributed by atoms with Gasteiger partial charge in [0.2, 0.25) is 0 Å². The van der Waals surface area contributed by atoms with Gasteiger partial charge in [-0.25, -0.2) is 19.1 Å². The molecule has 14 heteroatoms. The Morgan fingerprint density at radius 2 is 1.71 bits per heavy atom. The molecular weight excluding hydrogens is 543 g/mol. The molecule has 0 radical (unpaired) electrons. The highest BCUT2D eigenvalue weighted by atomic mass is 32.2. The third-order valence-electron chi connectivity index (χ3n) is 8.58. The van der Waals surface area contributed by atoms with Crippen molar-refractivity contribution in [2.24, 2.45) is 5.73 Å². The molecule has 4 rings (SSSR count). The first-order valence-corrected chi connectivity index (χ1v) is 20.0. The van der Waals surface area contributed by atoms with Crippen molar-refractivity contribution in [2.75, 3.05) is 6.61 Å². The Bertz CT molecular complexity index is 1350. The molecule has 38 heavy (non-hydrogen) atoms. The number of rotatable bonds is 6. The number of aromatic nitrogens is 4. The number of nitrogens with zero attached hydrogens (tertiary/aromatic N) is 4. The van der Waals surface area contributed by atoms with Crippen LogP contribution in [-0.2, 0) is 27.9 Å². The van der Waals surface area contributed by atoms with Gasteiger partial charge in [0.05, 0.1) is 30.2 Å². The maximum Gasteiger partial charge on any atom is 0.292 e. The molecule has 1 saturated heterocycles. The van der Waals surface area contributed by atoms with Crippen LogP contribution < -0.4 is 5.73 Å². The summed E-state index contributed by atoms with van der Waals surface area (Å²) in [7, 11) is -8.85. The van der Waals surface area contributed by atoms with Gasteiger partial charge in [0, 0.05) is 0 Å². The van der Waals surface area contributed by atoms with E-state index in [0.29, 0.717) is 11.2 Å². The van der Waals surface area contributed by atoms with Gasteiger partial charge < -0.3 is 19.3 Å². The predicted octanol–water partition coefficient (Wildman–Crippen LogP) is 4.03. The topological polar surface area (TPSA) is 141 Å². The van der Waals surface area contributed by atoms with Crippen LogP contribution in [0.15, 0.2) is 30.0 Å². The van der Waals surface area contributed by atoms with Crippen LogP contribution in [0.4, 0.5) is 0 Å². The molecule has 0 aromatic carbocycles. The maximum absolute atomic E-state index is 12.9. The molecule has 212 valence electrons. The molecule has 11 nitrogen and oxygen atoms in total. The molecule has 2 N–H and O–H groups in total. The molecule has 2 aliphatic heterocycles. The fourth-order valence-corrected chi connectivity index (χ4v) is 7.69. The van der Waals surface area contributed by atoms with Crippen molar-refractivity contribution >= 4 is 37.9 Å². The van der Waals surface area contributed by atoms with Crippen molar-refractivity contribution in [3.63, 3.8) is 0 Å². The molecule has 1 spiro atoms. The first kappa shape index (κ1) is 29.3. The van der Waals surface area contributed by atoms with Crippen LogP contribution >= 0.6 is 0 Å². The summed E-state index contributed by atoms with van der Waals surface area (Å²) >= 11 is 0. The number of hydrogen-bond donors (Lipinski definition) is 1. The van der Waals surface area contributed by atoms with Gasteiger partial charge in [-0.3, -0.25) is 4.57 Å². The molecule has 4 heterocycles. The van der Waals surface area contributed by atoms with Gasteiger partial charge in [-0.15, -0.1) is 0 Å². The zero-order valence-corrected chi connectivity index (χ0v) is 26.8. The normalized spacial score (nSPS) is 28.4. The van der Waals surface area contributed by atoms with Crippen molar-refractivity contribution in [3.8, 4) is 0 Å². The molecule has 2 aromatic heterocycles. The number of ether oxygens (including phenoxy) is 1. The van der Waals surface area contributed by atoms with Crippen molar-refractivity contribution in [2.45, 2.75) is 102 Å². The van der Waals surface area contributed by atoms with E-state index in [4.69, 9.17) is 23.5 Å². The minimum absolute atomic E-state index is 0.0339. The molecule has 0 amide bonds. The summed E-state index contributed by atoms with van der Waals surface area (Å²) in [5, 5.41) is 0.703. The van der Waals surface area contributed by atoms with Gasteiger partial charge in [0.15, 0.2) is 34.1 Å². The van der Waals surface area contributed by atoms with Gasteiger partial charge in [-0.2, -0.15) is 8.42 Å². The minimum atomic E-state index is -4.09. The monoisotopic (exact) mass is 583 g/mol. The zero-order chi connectivity index (χ0) is 28.5. The van der Waals surface area contributed by atoms with E-state index >= 15 is 0 Å². The quantitative estimate of drug-likeness (QED) is 0.391. The van der Waals surface area contributed by atoms with Crippen LogP contribution in [0.2, 0.25) is 36.3 Å². The van der Waals surface area contributed by atoms with Gasteiger partial charge in [-0.1, -0.05) is 41.5 Å². The van der Waals surface area contributed by atoms with E-state index in [0.717, 1.165) is 5.41 Å². The van der Waals surface area contributed by atoms with Crippen LogP contribution in [0.1, 0.15) is 47.8 Å². The Kier molecular flexibility index (Phi) is 7.08. The summed E-state index contributed by atoms with van der Waals surface area (Å²) in [6, 6.07) is 0. The maximum atomic E-state index is 12.9. The third kappa shape index (κ3) is 4.88. The van der Waals surface area contributed by atoms with Gasteiger partial charge in [0.1, 0.15) is 24.1 Å². The summed E-state index contributed by atoms with van der Waals surface area (Å²) in [5.41, 5.74) is 6.04. The second-order valence-corrected chi connectivity index (χ2v) is 24.2. The highest BCUT2D eigenvalue weighted by molar-refractivity contribution is 7.90. The largest absolute Gasteiger partial charge is 0.414 e. The lowest BCUT2D eigenvalue weighted by Crippen LogP contribution is -2.59. The standard InChI is InChI=1S/C24H41N5O6SSi2/c1-22(2,3)37(7,8)32-12-18-24(17(25)13-36(30,31)35-24)19(34-38(9,10)23(4,5)6)21(33-18)29-15-28-16-11-26-14-27-20(16)29/h11,13-15,18-19,21H,12,25H2,1-10H3/t18-,19+,21-,24-/m1/s1. The second-order valence-electron chi connectivity index (χ2n) is 13.2. The lowest BCUT2D eigenvalue weighted by atomic mass is 9.89. The van der Waals surface area contributed by atoms with Crippen LogP contribution in [0.25, 0.3) is 11.2 Å². The predicted molar refractivity (Wildman–Crippen MR) is 149 cm³/mol. The fourth-order valence-electron chi connectivity index (χ4n) is 4.19. The van der Waals surface area contributed by atoms with Gasteiger partial charge in [-0.05, 0) is 36.3 Å². The highest BCUT2D eigenvalue weighted by Gasteiger charge is 2.67. The Balaban J connectivity index is 1.87. The average molecular weight is 584 g/mol. The first-order valence-electron chi connectivity index (χ1n) is 12.7. The van der Waals surface area contributed by atoms with E-state index in [9.17, 15) is 8.42 Å². The Labute approximate surface area is 227 Å². The summed E-state index contributed by atoms with van der Waals surface area (Å²) < 4.78 is 53.5. The Morgan fingerprint density at radius 1 is 1.08 bits per heavy atom. The summed E-state index contributed by atoms with van der Waals surface area (Å²) in [6.45, 7) is 21.3. The van der Waals surface area contributed by atoms with E-state index in [1.807, 2.05) is 0 Å². The molecule has 0 bridgehead atoms. The summed E-state index contributed by atoms with van der Waals surface area (Å²) in [4.78, 5) is 12.9. The van der Waals surface area contributed by atoms with E-state index < -0.39 is 50.8 Å². The molecule has 2 aromatic rings. The lowest BCUT2D eigenvalue weighted by molar-refractivity contribution is -0.0535. The van der Waals surface area contributed by atoms with Crippen molar-refractivity contribution < 1.29 is 26.2 Å². The molecule has 2 aliphatic rings. The third-order valence-corrected chi connectivity index (χ3v) is 18.6. The molecule has 0 aliphatic carbocycles. The van der Waals surface area contributed by atoms with Crippen molar-refractivity contribution in [3.05, 3.63) is 30.0 Å². The molecular formula is C24H41N5O6SSi2. The van der Waals surface area contributed by atoms with Crippen molar-refractivity contribution in [1.82, 2.24) is 19.5 Å². The summed E-state index contributed by atoms with van der Waals surface area (Å²) in [5.74, 6) is 0. The van der Waals surface area contributed by atoms with E-state index in [1.54, 1.807) is 17.1 Å². The van der Waals surface area contributed by atoms with Crippen LogP contribution in [-0.4, -0.2) is 69.0 Å². The van der Waals surface area contributed by atoms with E-state index in [1.165, 1.54) is 6.33 Å². The fraction of sp³-hybridized carbons (Fsp3) is 0.708. The first-order chi connectivity index (χ1) is 17.2. The second kappa shape index (κ2) is 9.18. The zero-order valence-electron chi connectivity index (χ0n) is 24.0. The number of nitrogens with two attached hydrogens (primary N) is 1. The van der Waals surface area contributed by atoms with Gasteiger partial charge in [0.25, 0.3) is 10.1 Å². The highest BCUT2D eigenvalue weighted by Crippen LogP contribution is 2.52. The molecule has 1 fully saturated rings. The lowest BCUT2D eigenvalue weighted by Gasteiger charge is -2.43.